The first kappa shape index (κ1) is 21.3. The number of nitrogens with zero attached hydrogens (tertiary/aromatic N) is 2. The van der Waals surface area contributed by atoms with E-state index in [4.69, 9.17) is 9.73 Å². The van der Waals surface area contributed by atoms with Gasteiger partial charge in [0.15, 0.2) is 5.17 Å². The third kappa shape index (κ3) is 5.58. The third-order valence-corrected chi connectivity index (χ3v) is 5.61. The highest BCUT2D eigenvalue weighted by Crippen LogP contribution is 2.34. The monoisotopic (exact) mass is 408 g/mol. The van der Waals surface area contributed by atoms with Crippen molar-refractivity contribution in [1.82, 2.24) is 4.90 Å². The van der Waals surface area contributed by atoms with Gasteiger partial charge in [0, 0.05) is 6.61 Å². The molecule has 0 bridgehead atoms. The van der Waals surface area contributed by atoms with Crippen LogP contribution in [-0.4, -0.2) is 35.7 Å². The molecule has 1 aliphatic heterocycles. The number of carbonyl (C=O) groups is 1. The summed E-state index contributed by atoms with van der Waals surface area (Å²) >= 11 is 1.42. The molecule has 0 saturated carbocycles. The van der Waals surface area contributed by atoms with Gasteiger partial charge in [0.05, 0.1) is 23.7 Å². The van der Waals surface area contributed by atoms with Gasteiger partial charge in [-0.3, -0.25) is 9.69 Å². The Hall–Kier alpha value is -2.37. The van der Waals surface area contributed by atoms with Crippen molar-refractivity contribution in [2.45, 2.75) is 33.1 Å². The van der Waals surface area contributed by atoms with E-state index in [0.29, 0.717) is 29.8 Å². The Morgan fingerprint density at radius 1 is 1.07 bits per heavy atom. The fraction of sp³-hybridized carbons (Fsp3) is 0.333. The molecule has 0 unspecified atom stereocenters. The molecule has 1 amide bonds. The van der Waals surface area contributed by atoms with E-state index in [1.807, 2.05) is 43.3 Å². The van der Waals surface area contributed by atoms with Crippen molar-refractivity contribution in [3.8, 4) is 0 Å². The Morgan fingerprint density at radius 2 is 1.76 bits per heavy atom. The number of hydrogen-bond donors (Lipinski definition) is 0. The summed E-state index contributed by atoms with van der Waals surface area (Å²) in [5, 5.41) is 0.693. The van der Waals surface area contributed by atoms with Crippen LogP contribution >= 0.6 is 11.8 Å². The molecular weight excluding hydrogens is 380 g/mol. The lowest BCUT2D eigenvalue weighted by Gasteiger charge is -2.18. The van der Waals surface area contributed by atoms with Crippen molar-refractivity contribution in [2.24, 2.45) is 4.99 Å². The summed E-state index contributed by atoms with van der Waals surface area (Å²) in [4.78, 5) is 20.1. The van der Waals surface area contributed by atoms with Crippen LogP contribution in [0, 0.1) is 0 Å². The molecule has 0 aromatic heterocycles. The first-order chi connectivity index (χ1) is 13.9. The summed E-state index contributed by atoms with van der Waals surface area (Å²) in [5.41, 5.74) is 3.23. The van der Waals surface area contributed by atoms with E-state index in [2.05, 4.69) is 45.0 Å². The molecule has 1 aliphatic rings. The largest absolute Gasteiger partial charge is 0.380 e. The molecule has 2 aromatic rings. The third-order valence-electron chi connectivity index (χ3n) is 4.61. The van der Waals surface area contributed by atoms with Gasteiger partial charge in [-0.15, -0.1) is 0 Å². The molecule has 0 radical (unpaired) electrons. The van der Waals surface area contributed by atoms with E-state index in [9.17, 15) is 4.79 Å². The molecule has 0 aliphatic carbocycles. The molecule has 3 rings (SSSR count). The zero-order valence-corrected chi connectivity index (χ0v) is 18.3. The van der Waals surface area contributed by atoms with Crippen molar-refractivity contribution in [2.75, 3.05) is 19.8 Å². The lowest BCUT2D eigenvalue weighted by molar-refractivity contribution is -0.122. The quantitative estimate of drug-likeness (QED) is 0.460. The summed E-state index contributed by atoms with van der Waals surface area (Å²) in [6, 6.07) is 18.1. The number of para-hydroxylation sites is 1. The highest BCUT2D eigenvalue weighted by atomic mass is 32.2. The van der Waals surface area contributed by atoms with Gasteiger partial charge >= 0.3 is 0 Å². The summed E-state index contributed by atoms with van der Waals surface area (Å²) in [7, 11) is 0. The minimum atomic E-state index is -0.0238. The van der Waals surface area contributed by atoms with E-state index in [1.54, 1.807) is 4.90 Å². The van der Waals surface area contributed by atoms with Crippen LogP contribution in [0.1, 0.15) is 38.8 Å². The lowest BCUT2D eigenvalue weighted by atomic mass is 9.87. The molecule has 4 nitrogen and oxygen atoms in total. The molecule has 1 fully saturated rings. The van der Waals surface area contributed by atoms with Crippen molar-refractivity contribution < 1.29 is 9.53 Å². The SMILES string of the molecule is CCOCCN1C(=O)/C(=C/c2ccc(C(C)(C)C)cc2)SC1=Nc1ccccc1. The van der Waals surface area contributed by atoms with Crippen molar-refractivity contribution in [3.05, 3.63) is 70.6 Å². The van der Waals surface area contributed by atoms with Crippen molar-refractivity contribution >= 4 is 34.6 Å². The number of ether oxygens (including phenoxy) is 1. The number of thioether (sulfide) groups is 1. The first-order valence-electron chi connectivity index (χ1n) is 9.92. The van der Waals surface area contributed by atoms with Gasteiger partial charge in [0.25, 0.3) is 5.91 Å². The molecule has 0 N–H and O–H groups in total. The predicted octanol–water partition coefficient (Wildman–Crippen LogP) is 5.62. The van der Waals surface area contributed by atoms with E-state index in [-0.39, 0.29) is 11.3 Å². The molecular formula is C24H28N2O2S. The highest BCUT2D eigenvalue weighted by Gasteiger charge is 2.33. The van der Waals surface area contributed by atoms with Gasteiger partial charge in [-0.25, -0.2) is 4.99 Å². The smallest absolute Gasteiger partial charge is 0.266 e. The number of hydrogen-bond acceptors (Lipinski definition) is 4. The topological polar surface area (TPSA) is 41.9 Å². The normalized spacial score (nSPS) is 17.5. The average molecular weight is 409 g/mol. The van der Waals surface area contributed by atoms with Crippen LogP contribution in [0.25, 0.3) is 6.08 Å². The second-order valence-electron chi connectivity index (χ2n) is 7.87. The standard InChI is InChI=1S/C24H28N2O2S/c1-5-28-16-15-26-22(27)21(29-23(26)25-20-9-7-6-8-10-20)17-18-11-13-19(14-12-18)24(2,3)4/h6-14,17H,5,15-16H2,1-4H3/b21-17-,25-23?. The minimum absolute atomic E-state index is 0.0238. The van der Waals surface area contributed by atoms with Gasteiger partial charge < -0.3 is 4.74 Å². The van der Waals surface area contributed by atoms with Crippen molar-refractivity contribution in [3.63, 3.8) is 0 Å². The van der Waals surface area contributed by atoms with E-state index >= 15 is 0 Å². The van der Waals surface area contributed by atoms with E-state index < -0.39 is 0 Å². The Balaban J connectivity index is 1.86. The maximum absolute atomic E-state index is 13.0. The lowest BCUT2D eigenvalue weighted by Crippen LogP contribution is -2.32. The molecule has 29 heavy (non-hydrogen) atoms. The fourth-order valence-corrected chi connectivity index (χ4v) is 3.96. The number of rotatable bonds is 6. The fourth-order valence-electron chi connectivity index (χ4n) is 2.93. The second-order valence-corrected chi connectivity index (χ2v) is 8.88. The number of amides is 1. The van der Waals surface area contributed by atoms with Crippen LogP contribution in [0.5, 0.6) is 0 Å². The van der Waals surface area contributed by atoms with Crippen LogP contribution in [0.2, 0.25) is 0 Å². The van der Waals surface area contributed by atoms with Gasteiger partial charge in [-0.05, 0) is 53.4 Å². The maximum atomic E-state index is 13.0. The number of aliphatic imine (C=N–C) groups is 1. The van der Waals surface area contributed by atoms with Gasteiger partial charge in [0.2, 0.25) is 0 Å². The molecule has 1 saturated heterocycles. The Kier molecular flexibility index (Phi) is 6.93. The zero-order chi connectivity index (χ0) is 20.9. The average Bonchev–Trinajstić information content (AvgIpc) is 2.97. The second kappa shape index (κ2) is 9.42. The molecule has 1 heterocycles. The summed E-state index contributed by atoms with van der Waals surface area (Å²) in [6.07, 6.45) is 1.95. The van der Waals surface area contributed by atoms with E-state index in [0.717, 1.165) is 11.3 Å². The molecule has 5 heteroatoms. The molecule has 0 atom stereocenters. The van der Waals surface area contributed by atoms with Crippen LogP contribution in [-0.2, 0) is 14.9 Å². The maximum Gasteiger partial charge on any atom is 0.266 e. The predicted molar refractivity (Wildman–Crippen MR) is 122 cm³/mol. The minimum Gasteiger partial charge on any atom is -0.380 e. The van der Waals surface area contributed by atoms with Crippen LogP contribution < -0.4 is 0 Å². The summed E-state index contributed by atoms with van der Waals surface area (Å²) < 4.78 is 5.46. The van der Waals surface area contributed by atoms with Crippen molar-refractivity contribution in [1.29, 1.82) is 0 Å². The van der Waals surface area contributed by atoms with Crippen LogP contribution in [0.15, 0.2) is 64.5 Å². The first-order valence-corrected chi connectivity index (χ1v) is 10.7. The van der Waals surface area contributed by atoms with Gasteiger partial charge in [0.1, 0.15) is 0 Å². The van der Waals surface area contributed by atoms with Gasteiger partial charge in [-0.2, -0.15) is 0 Å². The summed E-state index contributed by atoms with van der Waals surface area (Å²) in [5.74, 6) is -0.0238. The summed E-state index contributed by atoms with van der Waals surface area (Å²) in [6.45, 7) is 10.1. The molecule has 0 spiro atoms. The van der Waals surface area contributed by atoms with Crippen LogP contribution in [0.3, 0.4) is 0 Å². The van der Waals surface area contributed by atoms with Gasteiger partial charge in [-0.1, -0.05) is 63.2 Å². The number of carbonyl (C=O) groups excluding carboxylic acids is 1. The highest BCUT2D eigenvalue weighted by molar-refractivity contribution is 8.18. The Labute approximate surface area is 177 Å². The Bertz CT molecular complexity index is 897. The molecule has 152 valence electrons. The number of amidine groups is 1. The number of benzene rings is 2. The van der Waals surface area contributed by atoms with Crippen LogP contribution in [0.4, 0.5) is 5.69 Å². The van der Waals surface area contributed by atoms with E-state index in [1.165, 1.54) is 17.3 Å². The Morgan fingerprint density at radius 3 is 2.38 bits per heavy atom. The molecule has 2 aromatic carbocycles. The zero-order valence-electron chi connectivity index (χ0n) is 17.5.